The number of hydrogen-bond acceptors (Lipinski definition) is 1. The van der Waals surface area contributed by atoms with Crippen LogP contribution in [-0.4, -0.2) is 5.78 Å². The smallest absolute Gasteiger partial charge is 0.139 e. The molecule has 0 spiro atoms. The van der Waals surface area contributed by atoms with Crippen LogP contribution in [0.4, 0.5) is 0 Å². The highest BCUT2D eigenvalue weighted by molar-refractivity contribution is 5.88. The molecular formula is C15H24O. The van der Waals surface area contributed by atoms with E-state index >= 15 is 0 Å². The van der Waals surface area contributed by atoms with Gasteiger partial charge in [0, 0.05) is 11.8 Å². The first-order valence-corrected chi connectivity index (χ1v) is 6.64. The molecule has 1 heteroatoms. The quantitative estimate of drug-likeness (QED) is 0.657. The molecule has 1 nitrogen and oxygen atoms in total. The summed E-state index contributed by atoms with van der Waals surface area (Å²) < 4.78 is 0. The zero-order valence-electron chi connectivity index (χ0n) is 11.0. The van der Waals surface area contributed by atoms with Crippen molar-refractivity contribution < 1.29 is 4.79 Å². The van der Waals surface area contributed by atoms with Crippen LogP contribution in [0.5, 0.6) is 0 Å². The topological polar surface area (TPSA) is 17.1 Å². The Labute approximate surface area is 99.3 Å². The van der Waals surface area contributed by atoms with E-state index in [4.69, 9.17) is 0 Å². The van der Waals surface area contributed by atoms with Crippen molar-refractivity contribution in [1.29, 1.82) is 0 Å². The molecule has 16 heavy (non-hydrogen) atoms. The second kappa shape index (κ2) is 4.01. The molecular weight excluding hydrogens is 196 g/mol. The molecule has 2 rings (SSSR count). The maximum atomic E-state index is 12.1. The van der Waals surface area contributed by atoms with Crippen LogP contribution >= 0.6 is 0 Å². The second-order valence-electron chi connectivity index (χ2n) is 6.29. The van der Waals surface area contributed by atoms with Gasteiger partial charge in [0.05, 0.1) is 0 Å². The Balaban J connectivity index is 1.96. The van der Waals surface area contributed by atoms with E-state index in [1.165, 1.54) is 18.4 Å². The van der Waals surface area contributed by atoms with Gasteiger partial charge in [0.1, 0.15) is 5.78 Å². The van der Waals surface area contributed by atoms with Crippen LogP contribution in [0.1, 0.15) is 53.4 Å². The van der Waals surface area contributed by atoms with Gasteiger partial charge in [-0.05, 0) is 50.9 Å². The Morgan fingerprint density at radius 1 is 1.44 bits per heavy atom. The van der Waals surface area contributed by atoms with Crippen molar-refractivity contribution in [2.24, 2.45) is 23.2 Å². The molecule has 2 fully saturated rings. The van der Waals surface area contributed by atoms with E-state index in [-0.39, 0.29) is 0 Å². The predicted molar refractivity (Wildman–Crippen MR) is 67.2 cm³/mol. The number of hydrogen-bond donors (Lipinski definition) is 0. The molecule has 4 atom stereocenters. The summed E-state index contributed by atoms with van der Waals surface area (Å²) in [5.41, 5.74) is 1.74. The van der Waals surface area contributed by atoms with Gasteiger partial charge in [-0.1, -0.05) is 25.5 Å². The van der Waals surface area contributed by atoms with E-state index in [0.717, 1.165) is 12.8 Å². The summed E-state index contributed by atoms with van der Waals surface area (Å²) in [7, 11) is 0. The monoisotopic (exact) mass is 220 g/mol. The van der Waals surface area contributed by atoms with Gasteiger partial charge in [-0.3, -0.25) is 4.79 Å². The van der Waals surface area contributed by atoms with Gasteiger partial charge < -0.3 is 0 Å². The van der Waals surface area contributed by atoms with Gasteiger partial charge in [-0.15, -0.1) is 0 Å². The van der Waals surface area contributed by atoms with E-state index in [1.54, 1.807) is 0 Å². The number of ketones is 1. The third-order valence-electron chi connectivity index (χ3n) is 4.79. The molecule has 0 bridgehead atoms. The van der Waals surface area contributed by atoms with Crippen molar-refractivity contribution in [3.8, 4) is 0 Å². The number of allylic oxidation sites excluding steroid dienone is 2. The van der Waals surface area contributed by atoms with Crippen molar-refractivity contribution in [3.05, 3.63) is 11.6 Å². The summed E-state index contributed by atoms with van der Waals surface area (Å²) in [6, 6.07) is 0. The molecule has 0 radical (unpaired) electrons. The molecule has 0 N–H and O–H groups in total. The summed E-state index contributed by atoms with van der Waals surface area (Å²) >= 11 is 0. The van der Waals surface area contributed by atoms with E-state index in [2.05, 4.69) is 33.8 Å². The Bertz CT molecular complexity index is 324. The van der Waals surface area contributed by atoms with Gasteiger partial charge in [-0.2, -0.15) is 0 Å². The lowest BCUT2D eigenvalue weighted by molar-refractivity contribution is -0.125. The standard InChI is InChI=1S/C15H24O/c1-10(2)6-5-9-15(4)12-8-7-11(3)14(16)13(12)15/h6,11-13H,5,7-9H2,1-4H3/t11?,12-,13-,15+/m0/s1. The molecule has 2 aliphatic carbocycles. The molecule has 90 valence electrons. The van der Waals surface area contributed by atoms with Crippen LogP contribution in [0.25, 0.3) is 0 Å². The maximum absolute atomic E-state index is 12.1. The average Bonchev–Trinajstić information content (AvgIpc) is 2.78. The Morgan fingerprint density at radius 3 is 2.75 bits per heavy atom. The van der Waals surface area contributed by atoms with Crippen LogP contribution in [0, 0.1) is 23.2 Å². The Kier molecular flexibility index (Phi) is 2.98. The van der Waals surface area contributed by atoms with Gasteiger partial charge >= 0.3 is 0 Å². The fourth-order valence-electron chi connectivity index (χ4n) is 3.57. The maximum Gasteiger partial charge on any atom is 0.139 e. The van der Waals surface area contributed by atoms with Crippen molar-refractivity contribution in [2.45, 2.75) is 53.4 Å². The summed E-state index contributed by atoms with van der Waals surface area (Å²) in [4.78, 5) is 12.1. The third kappa shape index (κ3) is 1.85. The molecule has 0 saturated heterocycles. The summed E-state index contributed by atoms with van der Waals surface area (Å²) in [6.45, 7) is 8.73. The molecule has 0 amide bonds. The number of fused-ring (bicyclic) bond motifs is 1. The van der Waals surface area contributed by atoms with Gasteiger partial charge in [0.25, 0.3) is 0 Å². The normalized spacial score (nSPS) is 41.5. The zero-order valence-corrected chi connectivity index (χ0v) is 11.0. The Hall–Kier alpha value is -0.590. The lowest BCUT2D eigenvalue weighted by Gasteiger charge is -2.14. The predicted octanol–water partition coefficient (Wildman–Crippen LogP) is 3.98. The first kappa shape index (κ1) is 11.9. The molecule has 2 saturated carbocycles. The van der Waals surface area contributed by atoms with Gasteiger partial charge in [-0.25, -0.2) is 0 Å². The molecule has 0 aromatic carbocycles. The summed E-state index contributed by atoms with van der Waals surface area (Å²) in [5.74, 6) is 1.99. The lowest BCUT2D eigenvalue weighted by Crippen LogP contribution is -2.19. The molecule has 2 aliphatic rings. The Morgan fingerprint density at radius 2 is 2.12 bits per heavy atom. The first-order valence-electron chi connectivity index (χ1n) is 6.64. The SMILES string of the molecule is CC(C)=CCC[C@@]1(C)[C@@H]2C(=O)C(C)CC[C@@H]21. The third-order valence-corrected chi connectivity index (χ3v) is 4.79. The van der Waals surface area contributed by atoms with Crippen molar-refractivity contribution in [1.82, 2.24) is 0 Å². The highest BCUT2D eigenvalue weighted by atomic mass is 16.1. The molecule has 0 aromatic rings. The first-order chi connectivity index (χ1) is 7.47. The van der Waals surface area contributed by atoms with Crippen molar-refractivity contribution in [3.63, 3.8) is 0 Å². The van der Waals surface area contributed by atoms with Crippen LogP contribution in [0.15, 0.2) is 11.6 Å². The van der Waals surface area contributed by atoms with Gasteiger partial charge in [0.2, 0.25) is 0 Å². The van der Waals surface area contributed by atoms with E-state index in [1.807, 2.05) is 0 Å². The van der Waals surface area contributed by atoms with Crippen LogP contribution < -0.4 is 0 Å². The number of carbonyl (C=O) groups is 1. The fraction of sp³-hybridized carbons (Fsp3) is 0.800. The second-order valence-corrected chi connectivity index (χ2v) is 6.29. The highest BCUT2D eigenvalue weighted by Crippen LogP contribution is 2.66. The minimum absolute atomic E-state index is 0.325. The number of Topliss-reactive ketones (excluding diaryl/α,β-unsaturated/α-hetero) is 1. The summed E-state index contributed by atoms with van der Waals surface area (Å²) in [6.07, 6.45) is 7.06. The van der Waals surface area contributed by atoms with Crippen molar-refractivity contribution >= 4 is 5.78 Å². The van der Waals surface area contributed by atoms with E-state index < -0.39 is 0 Å². The number of rotatable bonds is 3. The van der Waals surface area contributed by atoms with Crippen LogP contribution in [0.2, 0.25) is 0 Å². The highest BCUT2D eigenvalue weighted by Gasteiger charge is 2.65. The van der Waals surface area contributed by atoms with Crippen LogP contribution in [0.3, 0.4) is 0 Å². The van der Waals surface area contributed by atoms with Crippen LogP contribution in [-0.2, 0) is 4.79 Å². The molecule has 1 unspecified atom stereocenters. The average molecular weight is 220 g/mol. The van der Waals surface area contributed by atoms with E-state index in [9.17, 15) is 4.79 Å². The largest absolute Gasteiger partial charge is 0.299 e. The molecule has 0 aromatic heterocycles. The fourth-order valence-corrected chi connectivity index (χ4v) is 3.57. The lowest BCUT2D eigenvalue weighted by atomic mass is 9.89. The minimum Gasteiger partial charge on any atom is -0.299 e. The zero-order chi connectivity index (χ0) is 11.9. The van der Waals surface area contributed by atoms with Crippen molar-refractivity contribution in [2.75, 3.05) is 0 Å². The summed E-state index contributed by atoms with van der Waals surface area (Å²) in [5, 5.41) is 0. The molecule has 0 heterocycles. The number of carbonyl (C=O) groups excluding carboxylic acids is 1. The minimum atomic E-state index is 0.325. The van der Waals surface area contributed by atoms with Gasteiger partial charge in [0.15, 0.2) is 0 Å². The van der Waals surface area contributed by atoms with E-state index in [0.29, 0.717) is 29.0 Å². The molecule has 0 aliphatic heterocycles.